The lowest BCUT2D eigenvalue weighted by molar-refractivity contribution is -0.384. The summed E-state index contributed by atoms with van der Waals surface area (Å²) in [4.78, 5) is 22.7. The first kappa shape index (κ1) is 20.2. The first-order valence-electron chi connectivity index (χ1n) is 8.38. The molecule has 148 valence electrons. The Kier molecular flexibility index (Phi) is 5.69. The van der Waals surface area contributed by atoms with Crippen LogP contribution in [0.4, 0.5) is 15.8 Å². The topological polar surface area (TPSA) is 106 Å². The van der Waals surface area contributed by atoms with Crippen LogP contribution in [0.1, 0.15) is 15.9 Å². The van der Waals surface area contributed by atoms with Crippen molar-refractivity contribution < 1.29 is 22.5 Å². The molecule has 0 aliphatic carbocycles. The second kappa shape index (κ2) is 8.19. The summed E-state index contributed by atoms with van der Waals surface area (Å²) in [5.74, 6) is -1.86. The molecule has 0 aromatic heterocycles. The van der Waals surface area contributed by atoms with E-state index in [1.807, 2.05) is 0 Å². The van der Waals surface area contributed by atoms with Crippen molar-refractivity contribution in [3.63, 3.8) is 0 Å². The van der Waals surface area contributed by atoms with Crippen LogP contribution < -0.4 is 5.32 Å². The molecule has 7 nitrogen and oxygen atoms in total. The lowest BCUT2D eigenvalue weighted by Crippen LogP contribution is -2.14. The monoisotopic (exact) mass is 414 g/mol. The predicted molar refractivity (Wildman–Crippen MR) is 105 cm³/mol. The molecular weight excluding hydrogens is 399 g/mol. The van der Waals surface area contributed by atoms with E-state index in [9.17, 15) is 27.7 Å². The van der Waals surface area contributed by atoms with Gasteiger partial charge in [-0.2, -0.15) is 0 Å². The van der Waals surface area contributed by atoms with E-state index in [1.54, 1.807) is 24.3 Å². The summed E-state index contributed by atoms with van der Waals surface area (Å²) in [7, 11) is -3.60. The Labute approximate surface area is 165 Å². The number of nitro groups is 1. The third kappa shape index (κ3) is 4.82. The van der Waals surface area contributed by atoms with E-state index in [-0.39, 0.29) is 27.6 Å². The Hall–Kier alpha value is -3.59. The highest BCUT2D eigenvalue weighted by Crippen LogP contribution is 2.22. The number of carbonyl (C=O) groups is 1. The largest absolute Gasteiger partial charge is 0.319 e. The second-order valence-corrected chi connectivity index (χ2v) is 8.14. The minimum Gasteiger partial charge on any atom is -0.319 e. The second-order valence-electron chi connectivity index (χ2n) is 6.15. The number of nitro benzene ring substituents is 1. The smallest absolute Gasteiger partial charge is 0.271 e. The van der Waals surface area contributed by atoms with Gasteiger partial charge in [-0.25, -0.2) is 12.8 Å². The van der Waals surface area contributed by atoms with E-state index in [0.29, 0.717) is 5.56 Å². The van der Waals surface area contributed by atoms with Gasteiger partial charge in [-0.05, 0) is 35.9 Å². The highest BCUT2D eigenvalue weighted by molar-refractivity contribution is 7.90. The molecule has 3 rings (SSSR count). The zero-order valence-electron chi connectivity index (χ0n) is 14.9. The van der Waals surface area contributed by atoms with Crippen molar-refractivity contribution in [1.29, 1.82) is 0 Å². The van der Waals surface area contributed by atoms with Crippen LogP contribution >= 0.6 is 0 Å². The zero-order valence-corrected chi connectivity index (χ0v) is 15.7. The van der Waals surface area contributed by atoms with Crippen LogP contribution in [0.5, 0.6) is 0 Å². The first-order valence-corrected chi connectivity index (χ1v) is 10.0. The van der Waals surface area contributed by atoms with Crippen molar-refractivity contribution in [1.82, 2.24) is 0 Å². The summed E-state index contributed by atoms with van der Waals surface area (Å²) in [5.41, 5.74) is -0.242. The Balaban J connectivity index is 1.82. The maximum Gasteiger partial charge on any atom is 0.271 e. The van der Waals surface area contributed by atoms with Gasteiger partial charge in [0.1, 0.15) is 5.82 Å². The molecular formula is C20H15FN2O5S. The van der Waals surface area contributed by atoms with Gasteiger partial charge in [0.15, 0.2) is 9.84 Å². The fourth-order valence-corrected chi connectivity index (χ4v) is 4.01. The van der Waals surface area contributed by atoms with Crippen molar-refractivity contribution in [2.24, 2.45) is 0 Å². The summed E-state index contributed by atoms with van der Waals surface area (Å²) < 4.78 is 38.9. The van der Waals surface area contributed by atoms with Crippen LogP contribution in [-0.4, -0.2) is 19.2 Å². The normalized spacial score (nSPS) is 11.1. The summed E-state index contributed by atoms with van der Waals surface area (Å²) in [6, 6.07) is 16.6. The molecule has 0 bridgehead atoms. The quantitative estimate of drug-likeness (QED) is 0.485. The van der Waals surface area contributed by atoms with Gasteiger partial charge < -0.3 is 5.32 Å². The number of nitrogens with one attached hydrogen (secondary N) is 1. The molecule has 9 heteroatoms. The van der Waals surface area contributed by atoms with Crippen LogP contribution in [0.15, 0.2) is 77.7 Å². The van der Waals surface area contributed by atoms with Gasteiger partial charge in [0.2, 0.25) is 0 Å². The number of hydrogen-bond acceptors (Lipinski definition) is 5. The van der Waals surface area contributed by atoms with Crippen molar-refractivity contribution in [2.75, 3.05) is 5.32 Å². The Bertz CT molecular complexity index is 1180. The van der Waals surface area contributed by atoms with Crippen molar-refractivity contribution in [3.8, 4) is 0 Å². The van der Waals surface area contributed by atoms with Gasteiger partial charge in [0, 0.05) is 17.7 Å². The molecule has 0 radical (unpaired) electrons. The average Bonchev–Trinajstić information content (AvgIpc) is 2.70. The standard InChI is InChI=1S/C20H15FN2O5S/c21-18-10-9-16(23(25)26)12-19(18)22-20(24)15-6-4-5-14(11-15)13-29(27,28)17-7-2-1-3-8-17/h1-12H,13H2,(H,22,24). The molecule has 0 aliphatic rings. The number of benzene rings is 3. The SMILES string of the molecule is O=C(Nc1cc([N+](=O)[O-])ccc1F)c1cccc(CS(=O)(=O)c2ccccc2)c1. The summed E-state index contributed by atoms with van der Waals surface area (Å²) >= 11 is 0. The maximum absolute atomic E-state index is 13.9. The Morgan fingerprint density at radius 3 is 2.41 bits per heavy atom. The summed E-state index contributed by atoms with van der Waals surface area (Å²) in [6.07, 6.45) is 0. The lowest BCUT2D eigenvalue weighted by atomic mass is 10.1. The minimum atomic E-state index is -3.60. The van der Waals surface area contributed by atoms with Crippen molar-refractivity contribution in [2.45, 2.75) is 10.6 Å². The molecule has 0 saturated heterocycles. The third-order valence-electron chi connectivity index (χ3n) is 4.06. The lowest BCUT2D eigenvalue weighted by Gasteiger charge is -2.09. The molecule has 0 saturated carbocycles. The number of hydrogen-bond donors (Lipinski definition) is 1. The van der Waals surface area contributed by atoms with Gasteiger partial charge >= 0.3 is 0 Å². The van der Waals surface area contributed by atoms with Gasteiger partial charge in [-0.1, -0.05) is 30.3 Å². The van der Waals surface area contributed by atoms with E-state index in [2.05, 4.69) is 5.32 Å². The number of halogens is 1. The first-order chi connectivity index (χ1) is 13.8. The molecule has 0 fully saturated rings. The molecule has 29 heavy (non-hydrogen) atoms. The number of non-ortho nitro benzene ring substituents is 1. The van der Waals surface area contributed by atoms with Crippen LogP contribution in [0.3, 0.4) is 0 Å². The van der Waals surface area contributed by atoms with Crippen LogP contribution in [-0.2, 0) is 15.6 Å². The van der Waals surface area contributed by atoms with Gasteiger partial charge in [-0.15, -0.1) is 0 Å². The van der Waals surface area contributed by atoms with Crippen molar-refractivity contribution in [3.05, 3.63) is 99.9 Å². The average molecular weight is 414 g/mol. The molecule has 0 unspecified atom stereocenters. The van der Waals surface area contributed by atoms with E-state index in [4.69, 9.17) is 0 Å². The maximum atomic E-state index is 13.9. The molecule has 3 aromatic rings. The fourth-order valence-electron chi connectivity index (χ4n) is 2.65. The molecule has 0 spiro atoms. The number of rotatable bonds is 6. The predicted octanol–water partition coefficient (Wildman–Crippen LogP) is 3.96. The van der Waals surface area contributed by atoms with Crippen LogP contribution in [0.2, 0.25) is 0 Å². The van der Waals surface area contributed by atoms with E-state index >= 15 is 0 Å². The number of sulfone groups is 1. The van der Waals surface area contributed by atoms with E-state index in [0.717, 1.165) is 18.2 Å². The van der Waals surface area contributed by atoms with E-state index in [1.165, 1.54) is 30.3 Å². The van der Waals surface area contributed by atoms with Crippen LogP contribution in [0.25, 0.3) is 0 Å². The summed E-state index contributed by atoms with van der Waals surface area (Å²) in [6.45, 7) is 0. The van der Waals surface area contributed by atoms with Gasteiger partial charge in [0.05, 0.1) is 21.3 Å². The minimum absolute atomic E-state index is 0.0941. The molecule has 0 aliphatic heterocycles. The van der Waals surface area contributed by atoms with Gasteiger partial charge in [0.25, 0.3) is 11.6 Å². The van der Waals surface area contributed by atoms with Crippen molar-refractivity contribution >= 4 is 27.1 Å². The molecule has 0 atom stereocenters. The third-order valence-corrected chi connectivity index (χ3v) is 5.76. The highest BCUT2D eigenvalue weighted by atomic mass is 32.2. The Morgan fingerprint density at radius 1 is 1.00 bits per heavy atom. The zero-order chi connectivity index (χ0) is 21.0. The molecule has 0 heterocycles. The van der Waals surface area contributed by atoms with Crippen LogP contribution in [0, 0.1) is 15.9 Å². The van der Waals surface area contributed by atoms with E-state index < -0.39 is 26.5 Å². The number of carbonyl (C=O) groups excluding carboxylic acids is 1. The highest BCUT2D eigenvalue weighted by Gasteiger charge is 2.17. The molecule has 3 aromatic carbocycles. The number of anilines is 1. The molecule has 1 N–H and O–H groups in total. The van der Waals surface area contributed by atoms with Gasteiger partial charge in [-0.3, -0.25) is 14.9 Å². The summed E-state index contributed by atoms with van der Waals surface area (Å²) in [5, 5.41) is 13.1. The Morgan fingerprint density at radius 2 is 1.72 bits per heavy atom. The fraction of sp³-hybridized carbons (Fsp3) is 0.0500. The molecule has 1 amide bonds. The number of amides is 1. The number of nitrogens with zero attached hydrogens (tertiary/aromatic N) is 1.